The van der Waals surface area contributed by atoms with Gasteiger partial charge in [-0.3, -0.25) is 9.59 Å². The molecule has 4 N–H and O–H groups in total. The first kappa shape index (κ1) is 17.2. The van der Waals surface area contributed by atoms with Crippen molar-refractivity contribution in [2.24, 2.45) is 5.73 Å². The molecule has 0 atom stereocenters. The van der Waals surface area contributed by atoms with Gasteiger partial charge in [-0.05, 0) is 31.4 Å². The fourth-order valence-electron chi connectivity index (χ4n) is 1.63. The Hall–Kier alpha value is -1.84. The maximum atomic E-state index is 12.0. The van der Waals surface area contributed by atoms with Crippen molar-refractivity contribution in [1.29, 1.82) is 0 Å². The monoisotopic (exact) mass is 308 g/mol. The minimum atomic E-state index is -0.318. The van der Waals surface area contributed by atoms with E-state index in [1.54, 1.807) is 0 Å². The standard InChI is InChI=1S/C15H20N2O3S/c1-11-10-13(21-12(11)6-3-5-9-18)15(20)17-8-4-2-7-14(16)19/h10,18H,2,4-5,7-9H2,1H3,(H2,16,19)(H,17,20). The molecule has 0 aliphatic carbocycles. The molecule has 0 radical (unpaired) electrons. The summed E-state index contributed by atoms with van der Waals surface area (Å²) in [6, 6.07) is 1.81. The second-order valence-electron chi connectivity index (χ2n) is 4.58. The summed E-state index contributed by atoms with van der Waals surface area (Å²) in [4.78, 5) is 24.0. The highest BCUT2D eigenvalue weighted by atomic mass is 32.1. The number of nitrogens with one attached hydrogen (secondary N) is 1. The van der Waals surface area contributed by atoms with Crippen molar-refractivity contribution in [3.8, 4) is 11.8 Å². The smallest absolute Gasteiger partial charge is 0.261 e. The Balaban J connectivity index is 2.46. The number of aliphatic hydroxyl groups is 1. The zero-order valence-corrected chi connectivity index (χ0v) is 12.9. The second kappa shape index (κ2) is 9.16. The molecule has 1 rings (SSSR count). The molecule has 1 heterocycles. The van der Waals surface area contributed by atoms with Crippen LogP contribution in [0.2, 0.25) is 0 Å². The summed E-state index contributed by atoms with van der Waals surface area (Å²) in [5.74, 6) is 5.36. The molecule has 1 aromatic heterocycles. The van der Waals surface area contributed by atoms with Gasteiger partial charge < -0.3 is 16.2 Å². The van der Waals surface area contributed by atoms with Gasteiger partial charge in [-0.2, -0.15) is 0 Å². The van der Waals surface area contributed by atoms with Crippen LogP contribution in [-0.4, -0.2) is 30.1 Å². The third kappa shape index (κ3) is 6.43. The number of nitrogens with two attached hydrogens (primary N) is 1. The number of amides is 2. The number of carbonyl (C=O) groups excluding carboxylic acids is 2. The quantitative estimate of drug-likeness (QED) is 0.521. The van der Waals surface area contributed by atoms with Gasteiger partial charge in [-0.1, -0.05) is 11.8 Å². The van der Waals surface area contributed by atoms with E-state index in [-0.39, 0.29) is 18.4 Å². The number of rotatable bonds is 7. The van der Waals surface area contributed by atoms with E-state index in [9.17, 15) is 9.59 Å². The van der Waals surface area contributed by atoms with E-state index in [2.05, 4.69) is 17.2 Å². The van der Waals surface area contributed by atoms with E-state index in [0.29, 0.717) is 30.7 Å². The van der Waals surface area contributed by atoms with Gasteiger partial charge in [0.05, 0.1) is 16.4 Å². The predicted octanol–water partition coefficient (Wildman–Crippen LogP) is 1.18. The Labute approximate surface area is 128 Å². The topological polar surface area (TPSA) is 92.4 Å². The Kier molecular flexibility index (Phi) is 7.51. The molecule has 21 heavy (non-hydrogen) atoms. The third-order valence-electron chi connectivity index (χ3n) is 2.72. The molecule has 5 nitrogen and oxygen atoms in total. The molecule has 0 aliphatic heterocycles. The van der Waals surface area contributed by atoms with Crippen molar-refractivity contribution in [1.82, 2.24) is 5.32 Å². The molecule has 6 heteroatoms. The van der Waals surface area contributed by atoms with Crippen molar-refractivity contribution in [2.75, 3.05) is 13.2 Å². The molecule has 0 aliphatic rings. The van der Waals surface area contributed by atoms with Crippen LogP contribution >= 0.6 is 11.3 Å². The van der Waals surface area contributed by atoms with Gasteiger partial charge in [0.25, 0.3) is 5.91 Å². The van der Waals surface area contributed by atoms with Crippen LogP contribution in [0.3, 0.4) is 0 Å². The molecular weight excluding hydrogens is 288 g/mol. The summed E-state index contributed by atoms with van der Waals surface area (Å²) in [7, 11) is 0. The molecule has 0 bridgehead atoms. The van der Waals surface area contributed by atoms with E-state index in [1.165, 1.54) is 11.3 Å². The first-order valence-corrected chi connectivity index (χ1v) is 7.63. The lowest BCUT2D eigenvalue weighted by molar-refractivity contribution is -0.118. The Morgan fingerprint density at radius 2 is 2.19 bits per heavy atom. The third-order valence-corrected chi connectivity index (χ3v) is 3.87. The lowest BCUT2D eigenvalue weighted by Crippen LogP contribution is -2.23. The highest BCUT2D eigenvalue weighted by molar-refractivity contribution is 7.14. The average Bonchev–Trinajstić information content (AvgIpc) is 2.80. The molecule has 0 saturated heterocycles. The molecule has 114 valence electrons. The van der Waals surface area contributed by atoms with Crippen LogP contribution in [0, 0.1) is 18.8 Å². The van der Waals surface area contributed by atoms with Crippen molar-refractivity contribution in [3.05, 3.63) is 21.4 Å². The molecule has 0 fully saturated rings. The number of primary amides is 1. The number of thiophene rings is 1. The van der Waals surface area contributed by atoms with Gasteiger partial charge in [-0.25, -0.2) is 0 Å². The minimum absolute atomic E-state index is 0.0378. The maximum absolute atomic E-state index is 12.0. The lowest BCUT2D eigenvalue weighted by Gasteiger charge is -2.02. The number of unbranched alkanes of at least 4 members (excludes halogenated alkanes) is 1. The summed E-state index contributed by atoms with van der Waals surface area (Å²) in [6.45, 7) is 2.47. The Morgan fingerprint density at radius 1 is 1.43 bits per heavy atom. The Morgan fingerprint density at radius 3 is 2.86 bits per heavy atom. The molecule has 0 unspecified atom stereocenters. The van der Waals surface area contributed by atoms with Gasteiger partial charge in [0, 0.05) is 19.4 Å². The van der Waals surface area contributed by atoms with Crippen molar-refractivity contribution < 1.29 is 14.7 Å². The maximum Gasteiger partial charge on any atom is 0.261 e. The predicted molar refractivity (Wildman–Crippen MR) is 83.0 cm³/mol. The zero-order valence-electron chi connectivity index (χ0n) is 12.1. The van der Waals surface area contributed by atoms with E-state index < -0.39 is 0 Å². The highest BCUT2D eigenvalue weighted by Gasteiger charge is 2.10. The summed E-state index contributed by atoms with van der Waals surface area (Å²) >= 11 is 1.35. The summed E-state index contributed by atoms with van der Waals surface area (Å²) in [6.07, 6.45) is 2.18. The van der Waals surface area contributed by atoms with Crippen LogP contribution in [0.1, 0.15) is 45.8 Å². The van der Waals surface area contributed by atoms with E-state index in [0.717, 1.165) is 16.9 Å². The Bertz CT molecular complexity index is 555. The van der Waals surface area contributed by atoms with Crippen LogP contribution < -0.4 is 11.1 Å². The van der Waals surface area contributed by atoms with Gasteiger partial charge >= 0.3 is 0 Å². The van der Waals surface area contributed by atoms with Crippen LogP contribution in [0.5, 0.6) is 0 Å². The molecule has 2 amide bonds. The number of carbonyl (C=O) groups is 2. The number of aryl methyl sites for hydroxylation is 1. The zero-order chi connectivity index (χ0) is 15.7. The fraction of sp³-hybridized carbons (Fsp3) is 0.467. The molecule has 0 aromatic carbocycles. The number of hydrogen-bond donors (Lipinski definition) is 3. The SMILES string of the molecule is Cc1cc(C(=O)NCCCCC(N)=O)sc1C#CCCO. The number of aliphatic hydroxyl groups excluding tert-OH is 1. The van der Waals surface area contributed by atoms with Crippen molar-refractivity contribution in [3.63, 3.8) is 0 Å². The molecule has 0 saturated carbocycles. The summed E-state index contributed by atoms with van der Waals surface area (Å²) in [5.41, 5.74) is 6.00. The van der Waals surface area contributed by atoms with Gasteiger partial charge in [0.15, 0.2) is 0 Å². The first-order chi connectivity index (χ1) is 10.0. The van der Waals surface area contributed by atoms with Crippen LogP contribution in [0.15, 0.2) is 6.07 Å². The minimum Gasteiger partial charge on any atom is -0.395 e. The molecule has 0 spiro atoms. The van der Waals surface area contributed by atoms with E-state index in [4.69, 9.17) is 10.8 Å². The molecule has 1 aromatic rings. The lowest BCUT2D eigenvalue weighted by atomic mass is 10.2. The summed E-state index contributed by atoms with van der Waals surface area (Å²) in [5, 5.41) is 11.5. The van der Waals surface area contributed by atoms with Crippen molar-refractivity contribution >= 4 is 23.2 Å². The normalized spacial score (nSPS) is 9.81. The fourth-order valence-corrected chi connectivity index (χ4v) is 2.59. The van der Waals surface area contributed by atoms with Crippen molar-refractivity contribution in [2.45, 2.75) is 32.6 Å². The van der Waals surface area contributed by atoms with Crippen LogP contribution in [0.4, 0.5) is 0 Å². The van der Waals surface area contributed by atoms with Crippen LogP contribution in [0.25, 0.3) is 0 Å². The second-order valence-corrected chi connectivity index (χ2v) is 5.63. The van der Waals surface area contributed by atoms with Gasteiger partial charge in [-0.15, -0.1) is 11.3 Å². The van der Waals surface area contributed by atoms with E-state index >= 15 is 0 Å². The highest BCUT2D eigenvalue weighted by Crippen LogP contribution is 2.20. The average molecular weight is 308 g/mol. The van der Waals surface area contributed by atoms with Gasteiger partial charge in [0.2, 0.25) is 5.91 Å². The van der Waals surface area contributed by atoms with Crippen LogP contribution in [-0.2, 0) is 4.79 Å². The number of hydrogen-bond acceptors (Lipinski definition) is 4. The largest absolute Gasteiger partial charge is 0.395 e. The summed E-state index contributed by atoms with van der Waals surface area (Å²) < 4.78 is 0. The first-order valence-electron chi connectivity index (χ1n) is 6.81. The van der Waals surface area contributed by atoms with Gasteiger partial charge in [0.1, 0.15) is 0 Å². The van der Waals surface area contributed by atoms with E-state index in [1.807, 2.05) is 13.0 Å². The molecular formula is C15H20N2O3S.